The third-order valence-electron chi connectivity index (χ3n) is 1.44. The van der Waals surface area contributed by atoms with Crippen molar-refractivity contribution in [2.24, 2.45) is 0 Å². The van der Waals surface area contributed by atoms with Gasteiger partial charge in [0.25, 0.3) is 0 Å². The number of hydrogen-bond donors (Lipinski definition) is 2. The second kappa shape index (κ2) is 2.84. The van der Waals surface area contributed by atoms with Gasteiger partial charge in [-0.25, -0.2) is 9.97 Å². The standard InChI is InChI=1S/C7H9BN2O2/c11-8(12)6-3-9-7(10-4-6)5-1-2-5/h3-5,11-12H,1-2H2/i1D2,2D2,5D. The van der Waals surface area contributed by atoms with Crippen LogP contribution in [0.15, 0.2) is 12.4 Å². The van der Waals surface area contributed by atoms with Crippen molar-refractivity contribution in [3.05, 3.63) is 18.2 Å². The Kier molecular flexibility index (Phi) is 0.911. The van der Waals surface area contributed by atoms with E-state index in [2.05, 4.69) is 9.97 Å². The second-order valence-corrected chi connectivity index (χ2v) is 2.34. The van der Waals surface area contributed by atoms with Crippen LogP contribution in [0.25, 0.3) is 0 Å². The van der Waals surface area contributed by atoms with Gasteiger partial charge in [0.05, 0.1) is 0 Å². The summed E-state index contributed by atoms with van der Waals surface area (Å²) in [6.45, 7) is 0. The van der Waals surface area contributed by atoms with Crippen LogP contribution in [0.5, 0.6) is 0 Å². The monoisotopic (exact) mass is 169 g/mol. The average molecular weight is 169 g/mol. The SMILES string of the molecule is [2H]C1([2H])C([2H])([2H])C1([2H])c1ncc(B(O)O)cn1. The highest BCUT2D eigenvalue weighted by Crippen LogP contribution is 2.37. The van der Waals surface area contributed by atoms with E-state index in [1.165, 1.54) is 0 Å². The molecule has 0 saturated heterocycles. The molecule has 0 aromatic carbocycles. The van der Waals surface area contributed by atoms with Gasteiger partial charge >= 0.3 is 7.12 Å². The van der Waals surface area contributed by atoms with E-state index in [0.29, 0.717) is 0 Å². The molecule has 0 bridgehead atoms. The predicted molar refractivity (Wildman–Crippen MR) is 43.8 cm³/mol. The van der Waals surface area contributed by atoms with Crippen LogP contribution >= 0.6 is 0 Å². The van der Waals surface area contributed by atoms with Crippen LogP contribution in [0.2, 0.25) is 0 Å². The van der Waals surface area contributed by atoms with Gasteiger partial charge in [-0.15, -0.1) is 0 Å². The Morgan fingerprint density at radius 2 is 2.08 bits per heavy atom. The van der Waals surface area contributed by atoms with E-state index in [1.54, 1.807) is 0 Å². The molecule has 5 heteroatoms. The van der Waals surface area contributed by atoms with E-state index in [0.717, 1.165) is 12.4 Å². The van der Waals surface area contributed by atoms with E-state index in [-0.39, 0.29) is 11.3 Å². The molecule has 1 fully saturated rings. The van der Waals surface area contributed by atoms with Crippen LogP contribution in [0.4, 0.5) is 0 Å². The van der Waals surface area contributed by atoms with E-state index < -0.39 is 25.8 Å². The molecule has 0 radical (unpaired) electrons. The largest absolute Gasteiger partial charge is 0.491 e. The van der Waals surface area contributed by atoms with E-state index in [9.17, 15) is 0 Å². The fraction of sp³-hybridized carbons (Fsp3) is 0.429. The van der Waals surface area contributed by atoms with Gasteiger partial charge in [0.15, 0.2) is 0 Å². The van der Waals surface area contributed by atoms with E-state index >= 15 is 0 Å². The van der Waals surface area contributed by atoms with Gasteiger partial charge in [0.2, 0.25) is 0 Å². The highest BCUT2D eigenvalue weighted by atomic mass is 16.4. The number of hydrogen-bond acceptors (Lipinski definition) is 4. The lowest BCUT2D eigenvalue weighted by molar-refractivity contribution is 0.425. The Morgan fingerprint density at radius 1 is 1.50 bits per heavy atom. The summed E-state index contributed by atoms with van der Waals surface area (Å²) in [6, 6.07) is 0. The summed E-state index contributed by atoms with van der Waals surface area (Å²) < 4.78 is 37.4. The zero-order valence-electron chi connectivity index (χ0n) is 11.0. The van der Waals surface area contributed by atoms with Crippen LogP contribution in [0.1, 0.15) is 31.3 Å². The molecule has 0 spiro atoms. The fourth-order valence-corrected chi connectivity index (χ4v) is 0.744. The summed E-state index contributed by atoms with van der Waals surface area (Å²) in [6.07, 6.45) is -2.65. The molecule has 1 aromatic rings. The van der Waals surface area contributed by atoms with Gasteiger partial charge in [-0.05, 0) is 12.7 Å². The van der Waals surface area contributed by atoms with Crippen LogP contribution in [0.3, 0.4) is 0 Å². The Labute approximate surface area is 77.5 Å². The maximum Gasteiger partial charge on any atom is 0.491 e. The van der Waals surface area contributed by atoms with Crippen molar-refractivity contribution < 1.29 is 16.9 Å². The summed E-state index contributed by atoms with van der Waals surface area (Å²) in [5, 5.41) is 17.6. The molecule has 12 heavy (non-hydrogen) atoms. The maximum atomic E-state index is 8.82. The molecule has 62 valence electrons. The van der Waals surface area contributed by atoms with E-state index in [4.69, 9.17) is 16.9 Å². The highest BCUT2D eigenvalue weighted by molar-refractivity contribution is 6.58. The van der Waals surface area contributed by atoms with Crippen molar-refractivity contribution in [2.45, 2.75) is 18.6 Å². The molecule has 4 nitrogen and oxygen atoms in total. The van der Waals surface area contributed by atoms with Gasteiger partial charge in [-0.2, -0.15) is 0 Å². The minimum Gasteiger partial charge on any atom is -0.423 e. The fourth-order valence-electron chi connectivity index (χ4n) is 0.744. The molecule has 1 aliphatic carbocycles. The molecule has 1 saturated carbocycles. The lowest BCUT2D eigenvalue weighted by atomic mass is 9.83. The third kappa shape index (κ3) is 1.46. The Bertz CT molecular complexity index is 438. The molecule has 1 heterocycles. The molecule has 1 aromatic heterocycles. The maximum absolute atomic E-state index is 8.82. The van der Waals surface area contributed by atoms with Crippen LogP contribution < -0.4 is 5.46 Å². The van der Waals surface area contributed by atoms with Crippen molar-refractivity contribution in [3.63, 3.8) is 0 Å². The molecule has 0 unspecified atom stereocenters. The summed E-state index contributed by atoms with van der Waals surface area (Å²) in [5.74, 6) is -2.46. The van der Waals surface area contributed by atoms with Crippen LogP contribution in [0, 0.1) is 0 Å². The van der Waals surface area contributed by atoms with Gasteiger partial charge in [0.1, 0.15) is 5.82 Å². The van der Waals surface area contributed by atoms with Gasteiger partial charge < -0.3 is 10.0 Å². The van der Waals surface area contributed by atoms with Gasteiger partial charge in [0, 0.05) is 30.6 Å². The Balaban J connectivity index is 2.38. The minimum absolute atomic E-state index is 0.000813. The molecule has 1 aliphatic rings. The molecule has 2 N–H and O–H groups in total. The Hall–Kier alpha value is -0.935. The van der Waals surface area contributed by atoms with Gasteiger partial charge in [-0.3, -0.25) is 0 Å². The lowest BCUT2D eigenvalue weighted by Crippen LogP contribution is -2.30. The van der Waals surface area contributed by atoms with Crippen molar-refractivity contribution in [1.82, 2.24) is 9.97 Å². The third-order valence-corrected chi connectivity index (χ3v) is 1.44. The Morgan fingerprint density at radius 3 is 2.50 bits per heavy atom. The predicted octanol–water partition coefficient (Wildman–Crippen LogP) is -0.966. The molecule has 0 atom stereocenters. The first-order chi connectivity index (χ1) is 7.66. The summed E-state index contributed by atoms with van der Waals surface area (Å²) in [5.41, 5.74) is -0.000813. The average Bonchev–Trinajstić information content (AvgIpc) is 2.57. The number of rotatable bonds is 2. The quantitative estimate of drug-likeness (QED) is 0.559. The van der Waals surface area contributed by atoms with Crippen molar-refractivity contribution in [1.29, 1.82) is 0 Å². The number of aromatic nitrogens is 2. The van der Waals surface area contributed by atoms with Crippen molar-refractivity contribution in [2.75, 3.05) is 0 Å². The molecular formula is C7H9BN2O2. The lowest BCUT2D eigenvalue weighted by Gasteiger charge is -1.98. The summed E-state index contributed by atoms with van der Waals surface area (Å²) >= 11 is 0. The smallest absolute Gasteiger partial charge is 0.423 e. The van der Waals surface area contributed by atoms with Crippen LogP contribution in [-0.2, 0) is 0 Å². The second-order valence-electron chi connectivity index (χ2n) is 2.34. The first-order valence-electron chi connectivity index (χ1n) is 5.85. The normalized spacial score (nSPS) is 33.3. The zero-order chi connectivity index (χ0) is 13.1. The first kappa shape index (κ1) is 3.85. The molecular weight excluding hydrogens is 155 g/mol. The van der Waals surface area contributed by atoms with Crippen LogP contribution in [-0.4, -0.2) is 27.1 Å². The highest BCUT2D eigenvalue weighted by Gasteiger charge is 2.26. The van der Waals surface area contributed by atoms with E-state index in [1.807, 2.05) is 0 Å². The minimum atomic E-state index is -2.36. The molecule has 0 aliphatic heterocycles. The summed E-state index contributed by atoms with van der Waals surface area (Å²) in [7, 11) is -1.75. The van der Waals surface area contributed by atoms with Crippen molar-refractivity contribution in [3.8, 4) is 0 Å². The first-order valence-corrected chi connectivity index (χ1v) is 3.35. The van der Waals surface area contributed by atoms with Gasteiger partial charge in [-0.1, -0.05) is 0 Å². The number of nitrogens with zero attached hydrogens (tertiary/aromatic N) is 2. The van der Waals surface area contributed by atoms with Crippen molar-refractivity contribution >= 4 is 12.6 Å². The topological polar surface area (TPSA) is 66.2 Å². The molecule has 2 rings (SSSR count). The molecule has 0 amide bonds. The summed E-state index contributed by atoms with van der Waals surface area (Å²) in [4.78, 5) is 7.25. The zero-order valence-corrected chi connectivity index (χ0v) is 6.02.